The maximum atomic E-state index is 13.3. The van der Waals surface area contributed by atoms with Crippen LogP contribution in [-0.2, 0) is 22.6 Å². The molecular weight excluding hydrogens is 518 g/mol. The SMILES string of the molecule is CS(=O)(=O)c1ccc(-c2cc(C(F)(F)F)nc(NCc3ccc(I)cc3)n2)cc1. The van der Waals surface area contributed by atoms with Crippen molar-refractivity contribution in [2.24, 2.45) is 0 Å². The van der Waals surface area contributed by atoms with Gasteiger partial charge in [0.25, 0.3) is 0 Å². The molecule has 152 valence electrons. The highest BCUT2D eigenvalue weighted by Crippen LogP contribution is 2.31. The second kappa shape index (κ2) is 8.27. The van der Waals surface area contributed by atoms with E-state index in [0.717, 1.165) is 21.5 Å². The Morgan fingerprint density at radius 1 is 1.00 bits per heavy atom. The van der Waals surface area contributed by atoms with E-state index < -0.39 is 21.7 Å². The Balaban J connectivity index is 1.94. The Morgan fingerprint density at radius 3 is 2.17 bits per heavy atom. The van der Waals surface area contributed by atoms with Crippen LogP contribution in [0, 0.1) is 3.57 Å². The molecule has 0 aliphatic rings. The van der Waals surface area contributed by atoms with Crippen LogP contribution >= 0.6 is 22.6 Å². The van der Waals surface area contributed by atoms with E-state index in [9.17, 15) is 21.6 Å². The molecule has 5 nitrogen and oxygen atoms in total. The van der Waals surface area contributed by atoms with Crippen LogP contribution in [0.2, 0.25) is 0 Å². The number of halogens is 4. The number of hydrogen-bond acceptors (Lipinski definition) is 5. The van der Waals surface area contributed by atoms with Gasteiger partial charge < -0.3 is 5.32 Å². The molecule has 0 saturated heterocycles. The summed E-state index contributed by atoms with van der Waals surface area (Å²) in [5.41, 5.74) is 0.172. The van der Waals surface area contributed by atoms with Crippen LogP contribution in [0.25, 0.3) is 11.3 Å². The summed E-state index contributed by atoms with van der Waals surface area (Å²) in [6.45, 7) is 0.255. The molecule has 0 spiro atoms. The van der Waals surface area contributed by atoms with E-state index >= 15 is 0 Å². The fourth-order valence-corrected chi connectivity index (χ4v) is 3.47. The highest BCUT2D eigenvalue weighted by atomic mass is 127. The summed E-state index contributed by atoms with van der Waals surface area (Å²) in [4.78, 5) is 7.82. The van der Waals surface area contributed by atoms with Gasteiger partial charge in [-0.05, 0) is 58.5 Å². The zero-order valence-corrected chi connectivity index (χ0v) is 18.0. The molecule has 0 saturated carbocycles. The first-order valence-electron chi connectivity index (χ1n) is 8.27. The molecule has 1 heterocycles. The van der Waals surface area contributed by atoms with Crippen molar-refractivity contribution in [1.82, 2.24) is 9.97 Å². The summed E-state index contributed by atoms with van der Waals surface area (Å²) in [7, 11) is -3.41. The van der Waals surface area contributed by atoms with Gasteiger partial charge in [0.15, 0.2) is 15.5 Å². The average Bonchev–Trinajstić information content (AvgIpc) is 2.66. The van der Waals surface area contributed by atoms with Crippen molar-refractivity contribution in [1.29, 1.82) is 0 Å². The second-order valence-corrected chi connectivity index (χ2v) is 9.50. The van der Waals surface area contributed by atoms with E-state index in [0.29, 0.717) is 5.56 Å². The van der Waals surface area contributed by atoms with Crippen LogP contribution in [0.3, 0.4) is 0 Å². The molecule has 0 aliphatic heterocycles. The number of anilines is 1. The van der Waals surface area contributed by atoms with Crippen LogP contribution in [0.4, 0.5) is 19.1 Å². The maximum absolute atomic E-state index is 13.3. The summed E-state index contributed by atoms with van der Waals surface area (Å²) < 4.78 is 64.1. The van der Waals surface area contributed by atoms with Gasteiger partial charge in [0.2, 0.25) is 5.95 Å². The normalized spacial score (nSPS) is 12.0. The minimum Gasteiger partial charge on any atom is -0.350 e. The van der Waals surface area contributed by atoms with Gasteiger partial charge in [0.05, 0.1) is 10.6 Å². The lowest BCUT2D eigenvalue weighted by atomic mass is 10.1. The Hall–Kier alpha value is -2.21. The molecule has 10 heteroatoms. The molecule has 0 fully saturated rings. The molecule has 0 radical (unpaired) electrons. The number of rotatable bonds is 5. The first-order chi connectivity index (χ1) is 13.5. The lowest BCUT2D eigenvalue weighted by Gasteiger charge is -2.12. The van der Waals surface area contributed by atoms with Crippen LogP contribution in [0.15, 0.2) is 59.5 Å². The number of hydrogen-bond donors (Lipinski definition) is 1. The third-order valence-electron chi connectivity index (χ3n) is 3.96. The van der Waals surface area contributed by atoms with Gasteiger partial charge in [-0.2, -0.15) is 13.2 Å². The largest absolute Gasteiger partial charge is 0.433 e. The van der Waals surface area contributed by atoms with E-state index in [1.165, 1.54) is 24.3 Å². The van der Waals surface area contributed by atoms with Crippen molar-refractivity contribution in [2.45, 2.75) is 17.6 Å². The minimum absolute atomic E-state index is 0.0393. The van der Waals surface area contributed by atoms with Crippen molar-refractivity contribution in [3.8, 4) is 11.3 Å². The Kier molecular flexibility index (Phi) is 6.13. The minimum atomic E-state index is -4.65. The molecule has 0 atom stereocenters. The first-order valence-corrected chi connectivity index (χ1v) is 11.2. The summed E-state index contributed by atoms with van der Waals surface area (Å²) in [6.07, 6.45) is -3.59. The third kappa shape index (κ3) is 5.66. The second-order valence-electron chi connectivity index (χ2n) is 6.24. The van der Waals surface area contributed by atoms with E-state index in [2.05, 4.69) is 37.9 Å². The topological polar surface area (TPSA) is 72.0 Å². The van der Waals surface area contributed by atoms with Gasteiger partial charge in [-0.1, -0.05) is 24.3 Å². The molecule has 2 aromatic carbocycles. The number of aromatic nitrogens is 2. The highest BCUT2D eigenvalue weighted by molar-refractivity contribution is 14.1. The van der Waals surface area contributed by atoms with Crippen molar-refractivity contribution in [2.75, 3.05) is 11.6 Å². The predicted octanol–water partition coefficient (Wildman–Crippen LogP) is 4.78. The zero-order valence-electron chi connectivity index (χ0n) is 15.0. The number of benzene rings is 2. The van der Waals surface area contributed by atoms with Crippen LogP contribution in [0.5, 0.6) is 0 Å². The summed E-state index contributed by atoms with van der Waals surface area (Å²) >= 11 is 2.16. The maximum Gasteiger partial charge on any atom is 0.433 e. The molecule has 0 aliphatic carbocycles. The van der Waals surface area contributed by atoms with Crippen molar-refractivity contribution < 1.29 is 21.6 Å². The van der Waals surface area contributed by atoms with Crippen LogP contribution in [0.1, 0.15) is 11.3 Å². The molecule has 0 amide bonds. The molecule has 3 aromatic rings. The summed E-state index contributed by atoms with van der Waals surface area (Å²) in [5, 5.41) is 2.82. The highest BCUT2D eigenvalue weighted by Gasteiger charge is 2.33. The van der Waals surface area contributed by atoms with Gasteiger partial charge in [0.1, 0.15) is 0 Å². The average molecular weight is 533 g/mol. The van der Waals surface area contributed by atoms with Crippen LogP contribution < -0.4 is 5.32 Å². The lowest BCUT2D eigenvalue weighted by molar-refractivity contribution is -0.141. The van der Waals surface area contributed by atoms with E-state index in [4.69, 9.17) is 0 Å². The zero-order chi connectivity index (χ0) is 21.2. The van der Waals surface area contributed by atoms with Crippen molar-refractivity contribution >= 4 is 38.4 Å². The van der Waals surface area contributed by atoms with Gasteiger partial charge in [-0.3, -0.25) is 0 Å². The molecule has 0 unspecified atom stereocenters. The standard InChI is InChI=1S/C19H15F3IN3O2S/c1-29(27,28)15-8-4-13(5-9-15)16-10-17(19(20,21)22)26-18(25-16)24-11-12-2-6-14(23)7-3-12/h2-10H,11H2,1H3,(H,24,25,26). The monoisotopic (exact) mass is 533 g/mol. The first kappa shape index (κ1) is 21.5. The third-order valence-corrected chi connectivity index (χ3v) is 5.81. The fourth-order valence-electron chi connectivity index (χ4n) is 2.48. The van der Waals surface area contributed by atoms with E-state index in [-0.39, 0.29) is 23.1 Å². The van der Waals surface area contributed by atoms with E-state index in [1.54, 1.807) is 0 Å². The quantitative estimate of drug-likeness (QED) is 0.478. The van der Waals surface area contributed by atoms with Crippen molar-refractivity contribution in [3.63, 3.8) is 0 Å². The smallest absolute Gasteiger partial charge is 0.350 e. The molecule has 29 heavy (non-hydrogen) atoms. The molecule has 0 bridgehead atoms. The number of alkyl halides is 3. The molecule has 3 rings (SSSR count). The number of sulfone groups is 1. The molecule has 1 N–H and O–H groups in total. The van der Waals surface area contributed by atoms with E-state index in [1.807, 2.05) is 24.3 Å². The van der Waals surface area contributed by atoms with Gasteiger partial charge in [-0.25, -0.2) is 18.4 Å². The van der Waals surface area contributed by atoms with Gasteiger partial charge in [-0.15, -0.1) is 0 Å². The Morgan fingerprint density at radius 2 is 1.62 bits per heavy atom. The number of nitrogens with zero attached hydrogens (tertiary/aromatic N) is 2. The summed E-state index contributed by atoms with van der Waals surface area (Å²) in [5.74, 6) is -0.166. The lowest BCUT2D eigenvalue weighted by Crippen LogP contribution is -2.12. The molecule has 1 aromatic heterocycles. The fraction of sp³-hybridized carbons (Fsp3) is 0.158. The van der Waals surface area contributed by atoms with Crippen LogP contribution in [-0.4, -0.2) is 24.6 Å². The number of nitrogens with one attached hydrogen (secondary N) is 1. The van der Waals surface area contributed by atoms with Gasteiger partial charge in [0, 0.05) is 21.9 Å². The Labute approximate surface area is 179 Å². The molecular formula is C19H15F3IN3O2S. The van der Waals surface area contributed by atoms with Crippen molar-refractivity contribution in [3.05, 3.63) is 69.4 Å². The summed E-state index contributed by atoms with van der Waals surface area (Å²) in [6, 6.07) is 13.8. The van der Waals surface area contributed by atoms with Gasteiger partial charge >= 0.3 is 6.18 Å². The predicted molar refractivity (Wildman–Crippen MR) is 112 cm³/mol. The Bertz CT molecular complexity index is 1120.